The van der Waals surface area contributed by atoms with Crippen LogP contribution >= 0.6 is 0 Å². The van der Waals surface area contributed by atoms with Gasteiger partial charge in [0.05, 0.1) is 0 Å². The summed E-state index contributed by atoms with van der Waals surface area (Å²) in [5.74, 6) is 0. The van der Waals surface area contributed by atoms with Crippen LogP contribution < -0.4 is 10.6 Å². The standard InChI is InChI=1S/C15H24N2O/c1-10-7-12(3)13(8-11(10)2)15(4,5)9-17-14(18)16-6/h7-8H,9H2,1-6H3,(H2,16,17,18). The van der Waals surface area contributed by atoms with E-state index in [4.69, 9.17) is 0 Å². The van der Waals surface area contributed by atoms with Gasteiger partial charge >= 0.3 is 6.03 Å². The van der Waals surface area contributed by atoms with Gasteiger partial charge in [0.1, 0.15) is 0 Å². The molecule has 0 aliphatic rings. The number of amides is 2. The number of nitrogens with one attached hydrogen (secondary N) is 2. The molecular formula is C15H24N2O. The van der Waals surface area contributed by atoms with Crippen molar-refractivity contribution in [1.82, 2.24) is 10.6 Å². The van der Waals surface area contributed by atoms with E-state index in [0.29, 0.717) is 6.54 Å². The molecule has 0 heterocycles. The van der Waals surface area contributed by atoms with Gasteiger partial charge in [0.2, 0.25) is 0 Å². The zero-order chi connectivity index (χ0) is 13.9. The number of carbonyl (C=O) groups excluding carboxylic acids is 1. The molecule has 0 saturated carbocycles. The molecule has 3 heteroatoms. The van der Waals surface area contributed by atoms with E-state index >= 15 is 0 Å². The Hall–Kier alpha value is -1.51. The first-order chi connectivity index (χ1) is 8.27. The van der Waals surface area contributed by atoms with Gasteiger partial charge in [0.25, 0.3) is 0 Å². The van der Waals surface area contributed by atoms with E-state index in [1.54, 1.807) is 7.05 Å². The maximum Gasteiger partial charge on any atom is 0.314 e. The lowest BCUT2D eigenvalue weighted by Gasteiger charge is -2.28. The van der Waals surface area contributed by atoms with Gasteiger partial charge in [-0.25, -0.2) is 4.79 Å². The molecule has 1 aromatic rings. The fraction of sp³-hybridized carbons (Fsp3) is 0.533. The second kappa shape index (κ2) is 5.42. The first-order valence-corrected chi connectivity index (χ1v) is 6.32. The topological polar surface area (TPSA) is 41.1 Å². The van der Waals surface area contributed by atoms with Crippen molar-refractivity contribution in [3.8, 4) is 0 Å². The van der Waals surface area contributed by atoms with Gasteiger partial charge in [0.15, 0.2) is 0 Å². The summed E-state index contributed by atoms with van der Waals surface area (Å²) in [5.41, 5.74) is 5.11. The van der Waals surface area contributed by atoms with Crippen LogP contribution in [-0.2, 0) is 5.41 Å². The normalized spacial score (nSPS) is 11.2. The molecule has 3 nitrogen and oxygen atoms in total. The molecule has 2 N–H and O–H groups in total. The number of hydrogen-bond acceptors (Lipinski definition) is 1. The zero-order valence-corrected chi connectivity index (χ0v) is 12.3. The number of carbonyl (C=O) groups is 1. The second-order valence-electron chi connectivity index (χ2n) is 5.57. The summed E-state index contributed by atoms with van der Waals surface area (Å²) in [6, 6.07) is 4.31. The van der Waals surface area contributed by atoms with Gasteiger partial charge in [-0.2, -0.15) is 0 Å². The highest BCUT2D eigenvalue weighted by atomic mass is 16.2. The molecule has 0 radical (unpaired) electrons. The van der Waals surface area contributed by atoms with E-state index in [0.717, 1.165) is 0 Å². The molecule has 2 amide bonds. The Bertz CT molecular complexity index is 450. The molecule has 1 rings (SSSR count). The number of hydrogen-bond donors (Lipinski definition) is 2. The summed E-state index contributed by atoms with van der Waals surface area (Å²) in [7, 11) is 1.63. The Labute approximate surface area is 110 Å². The number of aryl methyl sites for hydroxylation is 3. The number of urea groups is 1. The molecule has 100 valence electrons. The van der Waals surface area contributed by atoms with Crippen molar-refractivity contribution < 1.29 is 4.79 Å². The largest absolute Gasteiger partial charge is 0.341 e. The van der Waals surface area contributed by atoms with Crippen LogP contribution in [0.4, 0.5) is 4.79 Å². The van der Waals surface area contributed by atoms with Gasteiger partial charge < -0.3 is 10.6 Å². The van der Waals surface area contributed by atoms with Crippen LogP contribution in [0, 0.1) is 20.8 Å². The van der Waals surface area contributed by atoms with Crippen LogP contribution in [0.3, 0.4) is 0 Å². The van der Waals surface area contributed by atoms with Gasteiger partial charge in [-0.15, -0.1) is 0 Å². The first-order valence-electron chi connectivity index (χ1n) is 6.32. The highest BCUT2D eigenvalue weighted by Crippen LogP contribution is 2.28. The van der Waals surface area contributed by atoms with Gasteiger partial charge in [-0.1, -0.05) is 26.0 Å². The van der Waals surface area contributed by atoms with Crippen molar-refractivity contribution in [3.05, 3.63) is 34.4 Å². The van der Waals surface area contributed by atoms with Crippen LogP contribution in [0.15, 0.2) is 12.1 Å². The van der Waals surface area contributed by atoms with Gasteiger partial charge in [-0.05, 0) is 43.0 Å². The first kappa shape index (κ1) is 14.6. The highest BCUT2D eigenvalue weighted by Gasteiger charge is 2.23. The monoisotopic (exact) mass is 248 g/mol. The summed E-state index contributed by atoms with van der Waals surface area (Å²) < 4.78 is 0. The molecule has 0 atom stereocenters. The minimum absolute atomic E-state index is 0.0744. The van der Waals surface area contributed by atoms with Crippen molar-refractivity contribution in [2.75, 3.05) is 13.6 Å². The molecule has 1 aromatic carbocycles. The lowest BCUT2D eigenvalue weighted by atomic mass is 9.80. The quantitative estimate of drug-likeness (QED) is 0.848. The van der Waals surface area contributed by atoms with E-state index in [1.807, 2.05) is 0 Å². The fourth-order valence-electron chi connectivity index (χ4n) is 2.17. The molecule has 0 saturated heterocycles. The number of rotatable bonds is 3. The third-order valence-corrected chi connectivity index (χ3v) is 3.49. The van der Waals surface area contributed by atoms with E-state index < -0.39 is 0 Å². The van der Waals surface area contributed by atoms with E-state index in [-0.39, 0.29) is 11.4 Å². The van der Waals surface area contributed by atoms with Gasteiger partial charge in [-0.3, -0.25) is 0 Å². The lowest BCUT2D eigenvalue weighted by molar-refractivity contribution is 0.240. The molecule has 0 aliphatic heterocycles. The molecule has 0 spiro atoms. The van der Waals surface area contributed by atoms with Crippen LogP contribution in [0.1, 0.15) is 36.1 Å². The van der Waals surface area contributed by atoms with Crippen LogP contribution in [0.2, 0.25) is 0 Å². The van der Waals surface area contributed by atoms with Crippen molar-refractivity contribution in [3.63, 3.8) is 0 Å². The van der Waals surface area contributed by atoms with E-state index in [9.17, 15) is 4.79 Å². The van der Waals surface area contributed by atoms with Crippen LogP contribution in [-0.4, -0.2) is 19.6 Å². The third-order valence-electron chi connectivity index (χ3n) is 3.49. The van der Waals surface area contributed by atoms with Crippen molar-refractivity contribution >= 4 is 6.03 Å². The molecule has 18 heavy (non-hydrogen) atoms. The summed E-state index contributed by atoms with van der Waals surface area (Å²) in [6.45, 7) is 11.3. The van der Waals surface area contributed by atoms with Crippen molar-refractivity contribution in [1.29, 1.82) is 0 Å². The minimum atomic E-state index is -0.135. The fourth-order valence-corrected chi connectivity index (χ4v) is 2.17. The highest BCUT2D eigenvalue weighted by molar-refractivity contribution is 5.73. The Kier molecular flexibility index (Phi) is 4.38. The van der Waals surface area contributed by atoms with E-state index in [1.165, 1.54) is 22.3 Å². The molecule has 0 bridgehead atoms. The minimum Gasteiger partial charge on any atom is -0.341 e. The lowest BCUT2D eigenvalue weighted by Crippen LogP contribution is -2.41. The van der Waals surface area contributed by atoms with Gasteiger partial charge in [0, 0.05) is 19.0 Å². The van der Waals surface area contributed by atoms with Crippen LogP contribution in [0.25, 0.3) is 0 Å². The molecule has 0 unspecified atom stereocenters. The Morgan fingerprint density at radius 1 is 1.11 bits per heavy atom. The summed E-state index contributed by atoms with van der Waals surface area (Å²) in [6.07, 6.45) is 0. The molecule has 0 fully saturated rings. The van der Waals surface area contributed by atoms with Crippen molar-refractivity contribution in [2.24, 2.45) is 0 Å². The maximum absolute atomic E-state index is 11.3. The predicted molar refractivity (Wildman–Crippen MR) is 76.1 cm³/mol. The summed E-state index contributed by atoms with van der Waals surface area (Å²) in [5, 5.41) is 5.46. The summed E-state index contributed by atoms with van der Waals surface area (Å²) >= 11 is 0. The van der Waals surface area contributed by atoms with E-state index in [2.05, 4.69) is 57.4 Å². The maximum atomic E-state index is 11.3. The summed E-state index contributed by atoms with van der Waals surface area (Å²) in [4.78, 5) is 11.3. The molecule has 0 aromatic heterocycles. The van der Waals surface area contributed by atoms with Crippen molar-refractivity contribution in [2.45, 2.75) is 40.0 Å². The molecule has 0 aliphatic carbocycles. The Morgan fingerprint density at radius 2 is 1.67 bits per heavy atom. The third kappa shape index (κ3) is 3.25. The average Bonchev–Trinajstić information content (AvgIpc) is 2.30. The zero-order valence-electron chi connectivity index (χ0n) is 12.3. The number of benzene rings is 1. The average molecular weight is 248 g/mol. The van der Waals surface area contributed by atoms with Crippen LogP contribution in [0.5, 0.6) is 0 Å². The molecular weight excluding hydrogens is 224 g/mol. The predicted octanol–water partition coefficient (Wildman–Crippen LogP) is 2.82. The Morgan fingerprint density at radius 3 is 2.22 bits per heavy atom. The second-order valence-corrected chi connectivity index (χ2v) is 5.57. The smallest absolute Gasteiger partial charge is 0.314 e. The Balaban J connectivity index is 2.97. The SMILES string of the molecule is CNC(=O)NCC(C)(C)c1cc(C)c(C)cc1C.